The first-order valence-corrected chi connectivity index (χ1v) is 5.67. The summed E-state index contributed by atoms with van der Waals surface area (Å²) in [6.07, 6.45) is 2.28. The smallest absolute Gasteiger partial charge is 0.0456 e. The minimum absolute atomic E-state index is 1.06. The lowest BCUT2D eigenvalue weighted by Gasteiger charge is -2.00. The fourth-order valence-corrected chi connectivity index (χ4v) is 1.79. The maximum Gasteiger partial charge on any atom is 0.0456 e. The maximum absolute atomic E-state index is 3.43. The van der Waals surface area contributed by atoms with Gasteiger partial charge in [0.15, 0.2) is 0 Å². The van der Waals surface area contributed by atoms with Gasteiger partial charge in [0.2, 0.25) is 0 Å². The molecule has 80 valence electrons. The van der Waals surface area contributed by atoms with Crippen molar-refractivity contribution in [2.24, 2.45) is 0 Å². The summed E-state index contributed by atoms with van der Waals surface area (Å²) in [4.78, 5) is 3.43. The standard InChI is InChI=1S/C13H18N2/c1-2-8-14-9-7-12-10-11-5-3-4-6-13(11)15-12/h3-6,10,14-15H,2,7-9H2,1H3. The molecule has 1 aromatic heterocycles. The molecule has 1 aromatic carbocycles. The van der Waals surface area contributed by atoms with Crippen molar-refractivity contribution in [2.75, 3.05) is 13.1 Å². The van der Waals surface area contributed by atoms with Crippen LogP contribution >= 0.6 is 0 Å². The van der Waals surface area contributed by atoms with E-state index in [4.69, 9.17) is 0 Å². The Morgan fingerprint density at radius 1 is 1.20 bits per heavy atom. The van der Waals surface area contributed by atoms with Crippen molar-refractivity contribution in [2.45, 2.75) is 19.8 Å². The van der Waals surface area contributed by atoms with Gasteiger partial charge in [0.25, 0.3) is 0 Å². The average Bonchev–Trinajstić information content (AvgIpc) is 2.67. The molecule has 2 heteroatoms. The van der Waals surface area contributed by atoms with Crippen LogP contribution in [-0.2, 0) is 6.42 Å². The van der Waals surface area contributed by atoms with Gasteiger partial charge in [-0.25, -0.2) is 0 Å². The molecular formula is C13H18N2. The molecule has 0 saturated carbocycles. The van der Waals surface area contributed by atoms with Gasteiger partial charge >= 0.3 is 0 Å². The molecule has 1 heterocycles. The van der Waals surface area contributed by atoms with E-state index in [2.05, 4.69) is 47.6 Å². The lowest BCUT2D eigenvalue weighted by molar-refractivity contribution is 0.667. The Kier molecular flexibility index (Phi) is 3.41. The number of benzene rings is 1. The Hall–Kier alpha value is -1.28. The first-order chi connectivity index (χ1) is 7.40. The fraction of sp³-hybridized carbons (Fsp3) is 0.385. The number of nitrogens with one attached hydrogen (secondary N) is 2. The van der Waals surface area contributed by atoms with Crippen molar-refractivity contribution < 1.29 is 0 Å². The predicted octanol–water partition coefficient (Wildman–Crippen LogP) is 2.71. The molecule has 0 amide bonds. The Morgan fingerprint density at radius 2 is 2.07 bits per heavy atom. The number of rotatable bonds is 5. The molecular weight excluding hydrogens is 184 g/mol. The predicted molar refractivity (Wildman–Crippen MR) is 65.2 cm³/mol. The topological polar surface area (TPSA) is 27.8 Å². The summed E-state index contributed by atoms with van der Waals surface area (Å²) in [5.41, 5.74) is 2.56. The molecule has 0 aliphatic heterocycles. The first-order valence-electron chi connectivity index (χ1n) is 5.67. The zero-order valence-electron chi connectivity index (χ0n) is 9.22. The van der Waals surface area contributed by atoms with Crippen LogP contribution in [0.4, 0.5) is 0 Å². The quantitative estimate of drug-likeness (QED) is 0.717. The Bertz CT molecular complexity index is 384. The van der Waals surface area contributed by atoms with Crippen LogP contribution in [0.5, 0.6) is 0 Å². The number of H-pyrrole nitrogens is 1. The minimum Gasteiger partial charge on any atom is -0.358 e. The molecule has 2 aromatic rings. The van der Waals surface area contributed by atoms with Crippen molar-refractivity contribution in [1.29, 1.82) is 0 Å². The number of fused-ring (bicyclic) bond motifs is 1. The van der Waals surface area contributed by atoms with Crippen LogP contribution in [0.1, 0.15) is 19.0 Å². The molecule has 0 aliphatic carbocycles. The van der Waals surface area contributed by atoms with Gasteiger partial charge in [-0.05, 0) is 36.9 Å². The summed E-state index contributed by atoms with van der Waals surface area (Å²) in [5, 5.41) is 4.72. The zero-order valence-corrected chi connectivity index (χ0v) is 9.22. The van der Waals surface area contributed by atoms with Crippen molar-refractivity contribution >= 4 is 10.9 Å². The monoisotopic (exact) mass is 202 g/mol. The highest BCUT2D eigenvalue weighted by atomic mass is 14.8. The molecule has 2 nitrogen and oxygen atoms in total. The molecule has 0 atom stereocenters. The second-order valence-electron chi connectivity index (χ2n) is 3.88. The second-order valence-corrected chi connectivity index (χ2v) is 3.88. The molecule has 0 unspecified atom stereocenters. The number of aromatic nitrogens is 1. The molecule has 0 spiro atoms. The first kappa shape index (κ1) is 10.2. The summed E-state index contributed by atoms with van der Waals surface area (Å²) in [6.45, 7) is 4.36. The van der Waals surface area contributed by atoms with Gasteiger partial charge in [-0.15, -0.1) is 0 Å². The van der Waals surface area contributed by atoms with Crippen LogP contribution in [0.2, 0.25) is 0 Å². The van der Waals surface area contributed by atoms with E-state index in [9.17, 15) is 0 Å². The van der Waals surface area contributed by atoms with Gasteiger partial charge in [0.05, 0.1) is 0 Å². The lowest BCUT2D eigenvalue weighted by atomic mass is 10.2. The zero-order chi connectivity index (χ0) is 10.5. The van der Waals surface area contributed by atoms with Crippen LogP contribution in [0.3, 0.4) is 0 Å². The van der Waals surface area contributed by atoms with E-state index < -0.39 is 0 Å². The van der Waals surface area contributed by atoms with E-state index in [0.29, 0.717) is 0 Å². The molecule has 15 heavy (non-hydrogen) atoms. The molecule has 2 N–H and O–H groups in total. The Labute approximate surface area is 90.7 Å². The lowest BCUT2D eigenvalue weighted by Crippen LogP contribution is -2.17. The van der Waals surface area contributed by atoms with Crippen LogP contribution in [-0.4, -0.2) is 18.1 Å². The van der Waals surface area contributed by atoms with Crippen molar-refractivity contribution in [3.05, 3.63) is 36.0 Å². The van der Waals surface area contributed by atoms with E-state index in [0.717, 1.165) is 19.5 Å². The van der Waals surface area contributed by atoms with Gasteiger partial charge < -0.3 is 10.3 Å². The van der Waals surface area contributed by atoms with Crippen molar-refractivity contribution in [3.63, 3.8) is 0 Å². The highest BCUT2D eigenvalue weighted by Crippen LogP contribution is 2.14. The third-order valence-electron chi connectivity index (χ3n) is 2.58. The van der Waals surface area contributed by atoms with Gasteiger partial charge in [0.1, 0.15) is 0 Å². The third kappa shape index (κ3) is 2.60. The van der Waals surface area contributed by atoms with Gasteiger partial charge in [-0.3, -0.25) is 0 Å². The normalized spacial score (nSPS) is 11.0. The summed E-state index contributed by atoms with van der Waals surface area (Å²) < 4.78 is 0. The summed E-state index contributed by atoms with van der Waals surface area (Å²) >= 11 is 0. The van der Waals surface area contributed by atoms with Crippen LogP contribution in [0, 0.1) is 0 Å². The largest absolute Gasteiger partial charge is 0.358 e. The van der Waals surface area contributed by atoms with E-state index in [1.165, 1.54) is 23.0 Å². The van der Waals surface area contributed by atoms with Crippen LogP contribution in [0.15, 0.2) is 30.3 Å². The van der Waals surface area contributed by atoms with E-state index in [1.54, 1.807) is 0 Å². The summed E-state index contributed by atoms with van der Waals surface area (Å²) in [7, 11) is 0. The Morgan fingerprint density at radius 3 is 2.87 bits per heavy atom. The SMILES string of the molecule is CCCNCCc1cc2ccccc2[nH]1. The molecule has 0 saturated heterocycles. The maximum atomic E-state index is 3.43. The minimum atomic E-state index is 1.06. The fourth-order valence-electron chi connectivity index (χ4n) is 1.79. The third-order valence-corrected chi connectivity index (χ3v) is 2.58. The number of hydrogen-bond acceptors (Lipinski definition) is 1. The highest BCUT2D eigenvalue weighted by Gasteiger charge is 1.98. The summed E-state index contributed by atoms with van der Waals surface area (Å²) in [6, 6.07) is 10.7. The number of aromatic amines is 1. The molecule has 0 aliphatic rings. The van der Waals surface area contributed by atoms with E-state index in [1.807, 2.05) is 0 Å². The van der Waals surface area contributed by atoms with Crippen molar-refractivity contribution in [1.82, 2.24) is 10.3 Å². The molecule has 0 bridgehead atoms. The van der Waals surface area contributed by atoms with Crippen molar-refractivity contribution in [3.8, 4) is 0 Å². The second kappa shape index (κ2) is 4.99. The number of para-hydroxylation sites is 1. The summed E-state index contributed by atoms with van der Waals surface area (Å²) in [5.74, 6) is 0. The molecule has 0 fully saturated rings. The van der Waals surface area contributed by atoms with E-state index >= 15 is 0 Å². The van der Waals surface area contributed by atoms with Gasteiger partial charge in [-0.1, -0.05) is 25.1 Å². The highest BCUT2D eigenvalue weighted by molar-refractivity contribution is 5.80. The van der Waals surface area contributed by atoms with Crippen LogP contribution in [0.25, 0.3) is 10.9 Å². The van der Waals surface area contributed by atoms with Crippen LogP contribution < -0.4 is 5.32 Å². The van der Waals surface area contributed by atoms with Gasteiger partial charge in [0, 0.05) is 17.8 Å². The molecule has 2 rings (SSSR count). The Balaban J connectivity index is 1.97. The van der Waals surface area contributed by atoms with E-state index in [-0.39, 0.29) is 0 Å². The van der Waals surface area contributed by atoms with Gasteiger partial charge in [-0.2, -0.15) is 0 Å². The number of hydrogen-bond donors (Lipinski definition) is 2. The molecule has 0 radical (unpaired) electrons. The average molecular weight is 202 g/mol.